The van der Waals surface area contributed by atoms with Gasteiger partial charge in [0.05, 0.1) is 12.7 Å². The van der Waals surface area contributed by atoms with Gasteiger partial charge in [-0.2, -0.15) is 0 Å². The molecule has 3 rings (SSSR count). The van der Waals surface area contributed by atoms with E-state index in [2.05, 4.69) is 15.6 Å². The first-order valence-electron chi connectivity index (χ1n) is 9.01. The third-order valence-corrected chi connectivity index (χ3v) is 4.35. The number of rotatable bonds is 6. The van der Waals surface area contributed by atoms with Crippen LogP contribution in [0.25, 0.3) is 11.1 Å². The molecule has 7 heteroatoms. The molecule has 1 atom stereocenters. The molecule has 7 nitrogen and oxygen atoms in total. The van der Waals surface area contributed by atoms with E-state index in [1.54, 1.807) is 49.4 Å². The first-order valence-corrected chi connectivity index (χ1v) is 9.01. The summed E-state index contributed by atoms with van der Waals surface area (Å²) in [6.45, 7) is 5.51. The molecule has 0 bridgehead atoms. The van der Waals surface area contributed by atoms with Crippen molar-refractivity contribution in [3.8, 4) is 5.75 Å². The third-order valence-electron chi connectivity index (χ3n) is 4.35. The molecule has 2 amide bonds. The van der Waals surface area contributed by atoms with Gasteiger partial charge in [0.25, 0.3) is 5.91 Å². The van der Waals surface area contributed by atoms with E-state index in [-0.39, 0.29) is 17.7 Å². The number of anilines is 1. The van der Waals surface area contributed by atoms with E-state index in [4.69, 9.17) is 9.15 Å². The second kappa shape index (κ2) is 8.12. The number of nitrogens with zero attached hydrogens (tertiary/aromatic N) is 1. The Balaban J connectivity index is 1.76. The summed E-state index contributed by atoms with van der Waals surface area (Å²) in [5, 5.41) is 5.65. The van der Waals surface area contributed by atoms with Crippen molar-refractivity contribution < 1.29 is 18.7 Å². The van der Waals surface area contributed by atoms with Gasteiger partial charge < -0.3 is 19.8 Å². The molecule has 0 fully saturated rings. The lowest BCUT2D eigenvalue weighted by molar-refractivity contribution is -0.118. The van der Waals surface area contributed by atoms with Gasteiger partial charge in [-0.15, -0.1) is 0 Å². The van der Waals surface area contributed by atoms with Gasteiger partial charge in [-0.3, -0.25) is 9.59 Å². The number of fused-ring (bicyclic) bond motifs is 1. The van der Waals surface area contributed by atoms with Crippen LogP contribution in [0.2, 0.25) is 0 Å². The molecule has 1 heterocycles. The highest BCUT2D eigenvalue weighted by atomic mass is 16.5. The molecule has 0 spiro atoms. The molecule has 2 N–H and O–H groups in total. The number of para-hydroxylation sites is 1. The molecule has 0 aliphatic carbocycles. The highest BCUT2D eigenvalue weighted by Gasteiger charge is 2.26. The van der Waals surface area contributed by atoms with E-state index >= 15 is 0 Å². The Bertz CT molecular complexity index is 1010. The van der Waals surface area contributed by atoms with Crippen LogP contribution in [0.3, 0.4) is 0 Å². The van der Waals surface area contributed by atoms with Gasteiger partial charge in [0.1, 0.15) is 17.3 Å². The van der Waals surface area contributed by atoms with Gasteiger partial charge in [0.2, 0.25) is 5.91 Å². The van der Waals surface area contributed by atoms with Crippen LogP contribution in [0.15, 0.2) is 46.9 Å². The van der Waals surface area contributed by atoms with E-state index in [1.165, 1.54) is 7.11 Å². The number of benzene rings is 2. The molecule has 0 saturated heterocycles. The number of hydrogen-bond donors (Lipinski definition) is 2. The van der Waals surface area contributed by atoms with Crippen LogP contribution in [0, 0.1) is 12.8 Å². The third kappa shape index (κ3) is 4.14. The predicted octanol–water partition coefficient (Wildman–Crippen LogP) is 3.54. The second-order valence-electron chi connectivity index (χ2n) is 6.80. The summed E-state index contributed by atoms with van der Waals surface area (Å²) >= 11 is 0. The highest BCUT2D eigenvalue weighted by Crippen LogP contribution is 2.21. The Labute approximate surface area is 163 Å². The first kappa shape index (κ1) is 19.4. The minimum atomic E-state index is -0.716. The Morgan fingerprint density at radius 3 is 2.61 bits per heavy atom. The van der Waals surface area contributed by atoms with Crippen molar-refractivity contribution >= 4 is 28.6 Å². The van der Waals surface area contributed by atoms with Gasteiger partial charge in [0, 0.05) is 12.6 Å². The summed E-state index contributed by atoms with van der Waals surface area (Å²) in [5.74, 6) is 0.223. The van der Waals surface area contributed by atoms with E-state index in [0.29, 0.717) is 34.0 Å². The lowest BCUT2D eigenvalue weighted by atomic mass is 10.0. The van der Waals surface area contributed by atoms with Crippen LogP contribution in [-0.4, -0.2) is 29.9 Å². The number of amides is 2. The Kier molecular flexibility index (Phi) is 5.63. The number of oxazole rings is 1. The minimum Gasteiger partial charge on any atom is -0.496 e. The van der Waals surface area contributed by atoms with Crippen molar-refractivity contribution in [1.82, 2.24) is 10.3 Å². The number of methoxy groups -OCH3 is 1. The number of ether oxygens (including phenoxy) is 1. The van der Waals surface area contributed by atoms with Gasteiger partial charge in [-0.1, -0.05) is 26.0 Å². The van der Waals surface area contributed by atoms with Crippen LogP contribution < -0.4 is 15.4 Å². The van der Waals surface area contributed by atoms with Gasteiger partial charge >= 0.3 is 0 Å². The predicted molar refractivity (Wildman–Crippen MR) is 106 cm³/mol. The molecule has 3 aromatic rings. The zero-order chi connectivity index (χ0) is 20.3. The van der Waals surface area contributed by atoms with E-state index in [1.807, 2.05) is 13.8 Å². The normalized spacial score (nSPS) is 12.0. The molecule has 2 aromatic carbocycles. The monoisotopic (exact) mass is 381 g/mol. The average molecular weight is 381 g/mol. The van der Waals surface area contributed by atoms with Crippen molar-refractivity contribution in [2.45, 2.75) is 26.8 Å². The zero-order valence-electron chi connectivity index (χ0n) is 16.3. The summed E-state index contributed by atoms with van der Waals surface area (Å²) in [6, 6.07) is 11.4. The Morgan fingerprint density at radius 1 is 1.14 bits per heavy atom. The summed E-state index contributed by atoms with van der Waals surface area (Å²) in [6.07, 6.45) is 0. The topological polar surface area (TPSA) is 93.5 Å². The fourth-order valence-electron chi connectivity index (χ4n) is 2.93. The molecular formula is C21H23N3O4. The number of carbonyl (C=O) groups excluding carboxylic acids is 2. The van der Waals surface area contributed by atoms with Crippen LogP contribution in [0.4, 0.5) is 5.69 Å². The Morgan fingerprint density at radius 2 is 1.89 bits per heavy atom. The van der Waals surface area contributed by atoms with Crippen molar-refractivity contribution in [3.63, 3.8) is 0 Å². The van der Waals surface area contributed by atoms with E-state index in [0.717, 1.165) is 0 Å². The number of nitrogens with one attached hydrogen (secondary N) is 2. The molecule has 28 heavy (non-hydrogen) atoms. The molecular weight excluding hydrogens is 358 g/mol. The van der Waals surface area contributed by atoms with Gasteiger partial charge in [-0.05, 0) is 36.2 Å². The molecule has 0 aliphatic rings. The fourth-order valence-corrected chi connectivity index (χ4v) is 2.93. The van der Waals surface area contributed by atoms with Crippen molar-refractivity contribution in [2.24, 2.45) is 5.92 Å². The van der Waals surface area contributed by atoms with Crippen molar-refractivity contribution in [2.75, 3.05) is 12.4 Å². The molecule has 0 radical (unpaired) electrons. The molecule has 1 aromatic heterocycles. The molecule has 0 aliphatic heterocycles. The fraction of sp³-hybridized carbons (Fsp3) is 0.286. The SMILES string of the molecule is COc1ccccc1C(=O)N[C@H](C(=O)Nc1ccc2oc(C)nc2c1)C(C)C. The maximum atomic E-state index is 12.8. The van der Waals surface area contributed by atoms with Crippen LogP contribution in [0.5, 0.6) is 5.75 Å². The largest absolute Gasteiger partial charge is 0.496 e. The highest BCUT2D eigenvalue weighted by molar-refractivity contribution is 6.03. The maximum Gasteiger partial charge on any atom is 0.255 e. The molecule has 146 valence electrons. The van der Waals surface area contributed by atoms with E-state index < -0.39 is 6.04 Å². The lowest BCUT2D eigenvalue weighted by Crippen LogP contribution is -2.47. The number of aromatic nitrogens is 1. The Hall–Kier alpha value is -3.35. The lowest BCUT2D eigenvalue weighted by Gasteiger charge is -2.22. The smallest absolute Gasteiger partial charge is 0.255 e. The zero-order valence-corrected chi connectivity index (χ0v) is 16.3. The van der Waals surface area contributed by atoms with Gasteiger partial charge in [0.15, 0.2) is 11.5 Å². The second-order valence-corrected chi connectivity index (χ2v) is 6.80. The summed E-state index contributed by atoms with van der Waals surface area (Å²) in [5.41, 5.74) is 2.28. The minimum absolute atomic E-state index is 0.114. The van der Waals surface area contributed by atoms with Crippen LogP contribution in [0.1, 0.15) is 30.1 Å². The van der Waals surface area contributed by atoms with Gasteiger partial charge in [-0.25, -0.2) is 4.98 Å². The molecule has 0 saturated carbocycles. The summed E-state index contributed by atoms with van der Waals surface area (Å²) in [4.78, 5) is 29.8. The van der Waals surface area contributed by atoms with Crippen LogP contribution in [-0.2, 0) is 4.79 Å². The van der Waals surface area contributed by atoms with E-state index in [9.17, 15) is 9.59 Å². The van der Waals surface area contributed by atoms with Crippen molar-refractivity contribution in [3.05, 3.63) is 53.9 Å². The summed E-state index contributed by atoms with van der Waals surface area (Å²) < 4.78 is 10.7. The number of aryl methyl sites for hydroxylation is 1. The number of carbonyl (C=O) groups is 2. The maximum absolute atomic E-state index is 12.8. The first-order chi connectivity index (χ1) is 13.4. The van der Waals surface area contributed by atoms with Crippen LogP contribution >= 0.6 is 0 Å². The molecule has 0 unspecified atom stereocenters. The summed E-state index contributed by atoms with van der Waals surface area (Å²) in [7, 11) is 1.50. The standard InChI is InChI=1S/C21H23N3O4/c1-12(2)19(24-20(25)15-7-5-6-8-17(15)27-4)21(26)23-14-9-10-18-16(11-14)22-13(3)28-18/h5-12,19H,1-4H3,(H,23,26)(H,24,25)/t19-/m0/s1. The quantitative estimate of drug-likeness (QED) is 0.681. The number of hydrogen-bond acceptors (Lipinski definition) is 5. The van der Waals surface area contributed by atoms with Crippen molar-refractivity contribution in [1.29, 1.82) is 0 Å². The average Bonchev–Trinajstić information content (AvgIpc) is 3.04.